The zero-order valence-corrected chi connectivity index (χ0v) is 21.6. The van der Waals surface area contributed by atoms with E-state index in [0.29, 0.717) is 43.7 Å². The molecule has 0 saturated carbocycles. The lowest BCUT2D eigenvalue weighted by Gasteiger charge is -2.21. The van der Waals surface area contributed by atoms with Crippen molar-refractivity contribution in [1.82, 2.24) is 5.43 Å². The molecular formula is C29H23Cl2N3O3. The van der Waals surface area contributed by atoms with Crippen LogP contribution in [0, 0.1) is 11.8 Å². The lowest BCUT2D eigenvalue weighted by molar-refractivity contribution is -0.114. The summed E-state index contributed by atoms with van der Waals surface area (Å²) in [7, 11) is 0. The Morgan fingerprint density at radius 1 is 0.811 bits per heavy atom. The Labute approximate surface area is 224 Å². The number of allylic oxidation sites excluding steroid dienone is 1. The van der Waals surface area contributed by atoms with Crippen molar-refractivity contribution in [2.45, 2.75) is 20.0 Å². The number of nitrogens with zero attached hydrogens (tertiary/aromatic N) is 2. The van der Waals surface area contributed by atoms with E-state index >= 15 is 0 Å². The molecule has 0 radical (unpaired) electrons. The number of para-hydroxylation sites is 1. The molecule has 2 aliphatic heterocycles. The van der Waals surface area contributed by atoms with Gasteiger partial charge in [-0.25, -0.2) is 5.01 Å². The molecular weight excluding hydrogens is 509 g/mol. The fraction of sp³-hybridized carbons (Fsp3) is 0.172. The van der Waals surface area contributed by atoms with Crippen molar-refractivity contribution in [3.63, 3.8) is 0 Å². The number of hydrogen-bond donors (Lipinski definition) is 1. The minimum Gasteiger partial charge on any atom is -0.294 e. The molecule has 0 aromatic heterocycles. The topological polar surface area (TPSA) is 78.8 Å². The predicted molar refractivity (Wildman–Crippen MR) is 145 cm³/mol. The van der Waals surface area contributed by atoms with E-state index in [1.54, 1.807) is 62.4 Å². The van der Waals surface area contributed by atoms with Crippen LogP contribution in [-0.2, 0) is 4.79 Å². The Morgan fingerprint density at radius 2 is 1.32 bits per heavy atom. The van der Waals surface area contributed by atoms with E-state index in [9.17, 15) is 14.4 Å². The number of hydrazine groups is 1. The standard InChI is InChI=1S/C29H23Cl2N3O3/c1-16(26(35)18-8-12-20(30)13-9-18)23-24-28(33-34(29(24)37)22-6-4-3-5-7-22)32-25(23)17(2)27(36)19-10-14-21(31)15-11-19/h3-17,28,33H,1-2H3/t16-,17-,28-/m1/s1. The van der Waals surface area contributed by atoms with Crippen molar-refractivity contribution in [1.29, 1.82) is 0 Å². The highest BCUT2D eigenvalue weighted by molar-refractivity contribution is 6.31. The van der Waals surface area contributed by atoms with Gasteiger partial charge in [-0.05, 0) is 73.2 Å². The third-order valence-corrected chi connectivity index (χ3v) is 7.20. The van der Waals surface area contributed by atoms with Crippen molar-refractivity contribution < 1.29 is 14.4 Å². The van der Waals surface area contributed by atoms with Crippen molar-refractivity contribution in [3.8, 4) is 0 Å². The lowest BCUT2D eigenvalue weighted by atomic mass is 9.81. The van der Waals surface area contributed by atoms with Crippen molar-refractivity contribution >= 4 is 52.1 Å². The highest BCUT2D eigenvalue weighted by Crippen LogP contribution is 2.37. The quantitative estimate of drug-likeness (QED) is 0.381. The molecule has 1 fully saturated rings. The van der Waals surface area contributed by atoms with Gasteiger partial charge >= 0.3 is 0 Å². The van der Waals surface area contributed by atoms with Crippen LogP contribution in [0.15, 0.2) is 95.0 Å². The van der Waals surface area contributed by atoms with E-state index in [1.807, 2.05) is 30.3 Å². The summed E-state index contributed by atoms with van der Waals surface area (Å²) in [6.45, 7) is 3.49. The highest BCUT2D eigenvalue weighted by Gasteiger charge is 2.46. The molecule has 3 aromatic rings. The molecule has 1 saturated heterocycles. The zero-order valence-electron chi connectivity index (χ0n) is 20.1. The number of rotatable bonds is 7. The number of ketones is 2. The van der Waals surface area contributed by atoms with E-state index in [2.05, 4.69) is 5.43 Å². The number of aliphatic imine (C=N–C) groups is 1. The second-order valence-corrected chi connectivity index (χ2v) is 9.91. The van der Waals surface area contributed by atoms with Gasteiger partial charge in [-0.3, -0.25) is 19.4 Å². The van der Waals surface area contributed by atoms with Crippen molar-refractivity contribution in [3.05, 3.63) is 111 Å². The Kier molecular flexibility index (Phi) is 6.82. The number of carbonyl (C=O) groups is 3. The highest BCUT2D eigenvalue weighted by atomic mass is 35.5. The molecule has 2 aliphatic rings. The van der Waals surface area contributed by atoms with Crippen molar-refractivity contribution in [2.24, 2.45) is 16.8 Å². The SMILES string of the molecule is C[C@@H](C(=O)c1ccc(Cl)cc1)C1=N[C@@H]2NN(c3ccccc3)C(=O)C2=C1[C@@H](C)C(=O)c1ccc(Cl)cc1. The maximum atomic E-state index is 13.7. The van der Waals surface area contributed by atoms with Crippen LogP contribution in [0.1, 0.15) is 34.6 Å². The minimum atomic E-state index is -0.720. The van der Waals surface area contributed by atoms with E-state index < -0.39 is 18.0 Å². The molecule has 3 aromatic carbocycles. The van der Waals surface area contributed by atoms with Gasteiger partial charge in [0.25, 0.3) is 5.91 Å². The maximum Gasteiger partial charge on any atom is 0.272 e. The first-order valence-electron chi connectivity index (χ1n) is 11.8. The molecule has 0 unspecified atom stereocenters. The summed E-state index contributed by atoms with van der Waals surface area (Å²) >= 11 is 12.0. The molecule has 8 heteroatoms. The van der Waals surface area contributed by atoms with Gasteiger partial charge in [0.2, 0.25) is 0 Å². The van der Waals surface area contributed by atoms with Crippen LogP contribution in [0.25, 0.3) is 0 Å². The third-order valence-electron chi connectivity index (χ3n) is 6.69. The molecule has 0 bridgehead atoms. The fourth-order valence-electron chi connectivity index (χ4n) is 4.74. The summed E-state index contributed by atoms with van der Waals surface area (Å²) in [5.74, 6) is -2.07. The second kappa shape index (κ2) is 10.1. The van der Waals surface area contributed by atoms with Gasteiger partial charge in [0.15, 0.2) is 11.6 Å². The number of nitrogens with one attached hydrogen (secondary N) is 1. The molecule has 6 nitrogen and oxygen atoms in total. The summed E-state index contributed by atoms with van der Waals surface area (Å²) < 4.78 is 0. The number of fused-ring (bicyclic) bond motifs is 1. The molecule has 2 heterocycles. The van der Waals surface area contributed by atoms with Crippen LogP contribution in [0.5, 0.6) is 0 Å². The van der Waals surface area contributed by atoms with Crippen LogP contribution in [0.2, 0.25) is 10.0 Å². The van der Waals surface area contributed by atoms with Gasteiger partial charge in [-0.2, -0.15) is 5.43 Å². The number of anilines is 1. The smallest absolute Gasteiger partial charge is 0.272 e. The first-order valence-corrected chi connectivity index (χ1v) is 12.6. The van der Waals surface area contributed by atoms with Crippen LogP contribution in [0.3, 0.4) is 0 Å². The number of halogens is 2. The summed E-state index contributed by atoms with van der Waals surface area (Å²) in [6, 6.07) is 22.4. The maximum absolute atomic E-state index is 13.7. The van der Waals surface area contributed by atoms with Crippen LogP contribution in [-0.4, -0.2) is 29.4 Å². The number of carbonyl (C=O) groups excluding carboxylic acids is 3. The first-order chi connectivity index (χ1) is 17.8. The van der Waals surface area contributed by atoms with Gasteiger partial charge in [-0.1, -0.05) is 48.3 Å². The van der Waals surface area contributed by atoms with Gasteiger partial charge in [0, 0.05) is 27.1 Å². The van der Waals surface area contributed by atoms with Gasteiger partial charge in [-0.15, -0.1) is 0 Å². The Balaban J connectivity index is 1.55. The number of amides is 1. The molecule has 3 atom stereocenters. The summed E-state index contributed by atoms with van der Waals surface area (Å²) in [4.78, 5) is 45.4. The summed E-state index contributed by atoms with van der Waals surface area (Å²) in [5, 5.41) is 2.48. The number of hydrogen-bond acceptors (Lipinski definition) is 5. The Bertz CT molecular complexity index is 1450. The first kappa shape index (κ1) is 25.1. The van der Waals surface area contributed by atoms with Crippen molar-refractivity contribution in [2.75, 3.05) is 5.01 Å². The van der Waals surface area contributed by atoms with Crippen LogP contribution in [0.4, 0.5) is 5.69 Å². The number of Topliss-reactive ketones (excluding diaryl/α,β-unsaturated/α-hetero) is 2. The largest absolute Gasteiger partial charge is 0.294 e. The molecule has 0 aliphatic carbocycles. The average Bonchev–Trinajstić information content (AvgIpc) is 3.45. The predicted octanol–water partition coefficient (Wildman–Crippen LogP) is 5.96. The second-order valence-electron chi connectivity index (χ2n) is 9.04. The third kappa shape index (κ3) is 4.64. The van der Waals surface area contributed by atoms with E-state index in [0.717, 1.165) is 0 Å². The summed E-state index contributed by atoms with van der Waals surface area (Å²) in [6.07, 6.45) is -0.696. The molecule has 1 amide bonds. The van der Waals surface area contributed by atoms with E-state index in [1.165, 1.54) is 5.01 Å². The molecule has 186 valence electrons. The molecule has 0 spiro atoms. The molecule has 5 rings (SSSR count). The Hall–Kier alpha value is -3.58. The van der Waals surface area contributed by atoms with Gasteiger partial charge < -0.3 is 0 Å². The monoisotopic (exact) mass is 531 g/mol. The normalized spacial score (nSPS) is 18.5. The lowest BCUT2D eigenvalue weighted by Crippen LogP contribution is -2.38. The average molecular weight is 532 g/mol. The van der Waals surface area contributed by atoms with Gasteiger partial charge in [0.1, 0.15) is 6.17 Å². The fourth-order valence-corrected chi connectivity index (χ4v) is 4.99. The van der Waals surface area contributed by atoms with E-state index in [4.69, 9.17) is 28.2 Å². The zero-order chi connectivity index (χ0) is 26.3. The van der Waals surface area contributed by atoms with Crippen LogP contribution >= 0.6 is 23.2 Å². The minimum absolute atomic E-state index is 0.174. The summed E-state index contributed by atoms with van der Waals surface area (Å²) in [5.41, 5.74) is 6.03. The van der Waals surface area contributed by atoms with Gasteiger partial charge in [0.05, 0.1) is 22.9 Å². The van der Waals surface area contributed by atoms with E-state index in [-0.39, 0.29) is 17.5 Å². The molecule has 37 heavy (non-hydrogen) atoms. The number of benzene rings is 3. The Morgan fingerprint density at radius 3 is 1.86 bits per heavy atom. The molecule has 1 N–H and O–H groups in total. The van der Waals surface area contributed by atoms with Crippen LogP contribution < -0.4 is 10.4 Å².